The van der Waals surface area contributed by atoms with Crippen molar-refractivity contribution in [2.75, 3.05) is 13.2 Å². The molecule has 0 amide bonds. The largest absolute Gasteiger partial charge is 0.395 e. The molecule has 17 heavy (non-hydrogen) atoms. The van der Waals surface area contributed by atoms with E-state index in [1.807, 2.05) is 0 Å². The van der Waals surface area contributed by atoms with Gasteiger partial charge in [0.05, 0.1) is 6.61 Å². The van der Waals surface area contributed by atoms with E-state index in [9.17, 15) is 9.50 Å². The van der Waals surface area contributed by atoms with Crippen molar-refractivity contribution in [1.82, 2.24) is 0 Å². The second-order valence-electron chi connectivity index (χ2n) is 4.61. The zero-order chi connectivity index (χ0) is 12.7. The summed E-state index contributed by atoms with van der Waals surface area (Å²) in [7, 11) is 0. The normalized spacial score (nSPS) is 14.6. The van der Waals surface area contributed by atoms with Gasteiger partial charge in [-0.15, -0.1) is 0 Å². The summed E-state index contributed by atoms with van der Waals surface area (Å²) < 4.78 is 12.9. The molecule has 0 aliphatic rings. The van der Waals surface area contributed by atoms with E-state index < -0.39 is 5.41 Å². The Kier molecular flexibility index (Phi) is 5.59. The van der Waals surface area contributed by atoms with Crippen molar-refractivity contribution in [3.05, 3.63) is 35.6 Å². The van der Waals surface area contributed by atoms with Crippen molar-refractivity contribution in [2.24, 2.45) is 5.73 Å². The lowest BCUT2D eigenvalue weighted by atomic mass is 9.77. The lowest BCUT2D eigenvalue weighted by Crippen LogP contribution is -2.38. The summed E-state index contributed by atoms with van der Waals surface area (Å²) in [6, 6.07) is 6.30. The topological polar surface area (TPSA) is 46.2 Å². The van der Waals surface area contributed by atoms with Crippen LogP contribution in [0.3, 0.4) is 0 Å². The second kappa shape index (κ2) is 6.72. The summed E-state index contributed by atoms with van der Waals surface area (Å²) in [4.78, 5) is 0. The number of hydrogen-bond acceptors (Lipinski definition) is 2. The highest BCUT2D eigenvalue weighted by Gasteiger charge is 2.29. The first-order valence-corrected chi connectivity index (χ1v) is 6.25. The number of aliphatic hydroxyl groups excluding tert-OH is 1. The molecule has 0 bridgehead atoms. The summed E-state index contributed by atoms with van der Waals surface area (Å²) in [5.41, 5.74) is 6.33. The van der Waals surface area contributed by atoms with Crippen molar-refractivity contribution in [1.29, 1.82) is 0 Å². The monoisotopic (exact) mass is 239 g/mol. The number of hydrogen-bond donors (Lipinski definition) is 2. The first-order valence-electron chi connectivity index (χ1n) is 6.25. The minimum atomic E-state index is -0.414. The Morgan fingerprint density at radius 2 is 1.88 bits per heavy atom. The molecule has 0 aliphatic carbocycles. The van der Waals surface area contributed by atoms with Gasteiger partial charge >= 0.3 is 0 Å². The SMILES string of the molecule is CCCCCC(CN)(CO)c1ccc(F)cc1. The molecule has 0 heterocycles. The minimum Gasteiger partial charge on any atom is -0.395 e. The van der Waals surface area contributed by atoms with Crippen LogP contribution in [-0.4, -0.2) is 18.3 Å². The average molecular weight is 239 g/mol. The van der Waals surface area contributed by atoms with E-state index in [2.05, 4.69) is 6.92 Å². The summed E-state index contributed by atoms with van der Waals surface area (Å²) in [6.45, 7) is 2.54. The number of unbranched alkanes of at least 4 members (excludes halogenated alkanes) is 2. The predicted octanol–water partition coefficient (Wildman–Crippen LogP) is 2.59. The van der Waals surface area contributed by atoms with Crippen LogP contribution in [0.15, 0.2) is 24.3 Å². The van der Waals surface area contributed by atoms with Crippen molar-refractivity contribution < 1.29 is 9.50 Å². The number of benzene rings is 1. The van der Waals surface area contributed by atoms with Crippen LogP contribution < -0.4 is 5.73 Å². The third-order valence-electron chi connectivity index (χ3n) is 3.41. The van der Waals surface area contributed by atoms with Crippen LogP contribution in [0.4, 0.5) is 4.39 Å². The number of rotatable bonds is 7. The number of nitrogens with two attached hydrogens (primary N) is 1. The fourth-order valence-electron chi connectivity index (χ4n) is 2.12. The van der Waals surface area contributed by atoms with Gasteiger partial charge in [0.1, 0.15) is 5.82 Å². The maximum atomic E-state index is 12.9. The van der Waals surface area contributed by atoms with Crippen LogP contribution in [0.25, 0.3) is 0 Å². The molecule has 0 saturated carbocycles. The minimum absolute atomic E-state index is 0.0127. The van der Waals surface area contributed by atoms with Gasteiger partial charge in [-0.05, 0) is 24.1 Å². The van der Waals surface area contributed by atoms with Gasteiger partial charge in [-0.2, -0.15) is 0 Å². The van der Waals surface area contributed by atoms with Crippen LogP contribution in [0.5, 0.6) is 0 Å². The van der Waals surface area contributed by atoms with E-state index in [1.54, 1.807) is 12.1 Å². The Labute approximate surface area is 103 Å². The van der Waals surface area contributed by atoms with Crippen LogP contribution >= 0.6 is 0 Å². The average Bonchev–Trinajstić information content (AvgIpc) is 2.37. The van der Waals surface area contributed by atoms with Gasteiger partial charge in [-0.25, -0.2) is 4.39 Å². The fraction of sp³-hybridized carbons (Fsp3) is 0.571. The molecule has 0 spiro atoms. The predicted molar refractivity (Wildman–Crippen MR) is 68.4 cm³/mol. The van der Waals surface area contributed by atoms with Crippen LogP contribution in [0.2, 0.25) is 0 Å². The molecule has 1 aromatic rings. The number of halogens is 1. The molecule has 1 atom stereocenters. The van der Waals surface area contributed by atoms with Gasteiger partial charge < -0.3 is 10.8 Å². The second-order valence-corrected chi connectivity index (χ2v) is 4.61. The molecule has 0 radical (unpaired) electrons. The third-order valence-corrected chi connectivity index (χ3v) is 3.41. The van der Waals surface area contributed by atoms with Crippen molar-refractivity contribution in [3.8, 4) is 0 Å². The van der Waals surface area contributed by atoms with Crippen molar-refractivity contribution in [3.63, 3.8) is 0 Å². The molecule has 1 rings (SSSR count). The Morgan fingerprint density at radius 3 is 2.35 bits per heavy atom. The molecule has 1 unspecified atom stereocenters. The van der Waals surface area contributed by atoms with E-state index >= 15 is 0 Å². The highest BCUT2D eigenvalue weighted by atomic mass is 19.1. The molecule has 96 valence electrons. The Balaban J connectivity index is 2.85. The van der Waals surface area contributed by atoms with Crippen molar-refractivity contribution in [2.45, 2.75) is 38.0 Å². The quantitative estimate of drug-likeness (QED) is 0.718. The first kappa shape index (κ1) is 14.1. The summed E-state index contributed by atoms with van der Waals surface area (Å²) in [6.07, 6.45) is 4.14. The standard InChI is InChI=1S/C14H22FNO/c1-2-3-4-9-14(10-16,11-17)12-5-7-13(15)8-6-12/h5-8,17H,2-4,9-11,16H2,1H3. The molecule has 0 aromatic heterocycles. The van der Waals surface area contributed by atoms with E-state index in [4.69, 9.17) is 5.73 Å². The van der Waals surface area contributed by atoms with Gasteiger partial charge in [-0.3, -0.25) is 0 Å². The maximum absolute atomic E-state index is 12.9. The van der Waals surface area contributed by atoms with Crippen molar-refractivity contribution >= 4 is 0 Å². The molecule has 3 heteroatoms. The van der Waals surface area contributed by atoms with E-state index in [0.29, 0.717) is 6.54 Å². The lowest BCUT2D eigenvalue weighted by molar-refractivity contribution is 0.185. The molecule has 3 N–H and O–H groups in total. The molecule has 2 nitrogen and oxygen atoms in total. The maximum Gasteiger partial charge on any atom is 0.123 e. The van der Waals surface area contributed by atoms with Gasteiger partial charge in [-0.1, -0.05) is 38.3 Å². The van der Waals surface area contributed by atoms with Gasteiger partial charge in [0, 0.05) is 12.0 Å². The molecular weight excluding hydrogens is 217 g/mol. The zero-order valence-electron chi connectivity index (χ0n) is 10.5. The molecular formula is C14H22FNO. The molecule has 0 saturated heterocycles. The highest BCUT2D eigenvalue weighted by Crippen LogP contribution is 2.29. The zero-order valence-corrected chi connectivity index (χ0v) is 10.5. The van der Waals surface area contributed by atoms with Gasteiger partial charge in [0.2, 0.25) is 0 Å². The Hall–Kier alpha value is -0.930. The fourth-order valence-corrected chi connectivity index (χ4v) is 2.12. The van der Waals surface area contributed by atoms with Gasteiger partial charge in [0.15, 0.2) is 0 Å². The summed E-state index contributed by atoms with van der Waals surface area (Å²) in [5, 5.41) is 9.62. The first-order chi connectivity index (χ1) is 8.18. The van der Waals surface area contributed by atoms with E-state index in [-0.39, 0.29) is 12.4 Å². The summed E-state index contributed by atoms with van der Waals surface area (Å²) >= 11 is 0. The van der Waals surface area contributed by atoms with Gasteiger partial charge in [0.25, 0.3) is 0 Å². The Morgan fingerprint density at radius 1 is 1.24 bits per heavy atom. The van der Waals surface area contributed by atoms with Crippen LogP contribution in [0.1, 0.15) is 38.2 Å². The van der Waals surface area contributed by atoms with E-state index in [1.165, 1.54) is 12.1 Å². The molecule has 0 aliphatic heterocycles. The molecule has 0 fully saturated rings. The Bertz CT molecular complexity index is 319. The lowest BCUT2D eigenvalue weighted by Gasteiger charge is -2.31. The van der Waals surface area contributed by atoms with Crippen LogP contribution in [-0.2, 0) is 5.41 Å². The third kappa shape index (κ3) is 3.51. The van der Waals surface area contributed by atoms with E-state index in [0.717, 1.165) is 31.2 Å². The van der Waals surface area contributed by atoms with Crippen LogP contribution in [0, 0.1) is 5.82 Å². The highest BCUT2D eigenvalue weighted by molar-refractivity contribution is 5.26. The molecule has 1 aromatic carbocycles. The smallest absolute Gasteiger partial charge is 0.123 e. The summed E-state index contributed by atoms with van der Waals surface area (Å²) in [5.74, 6) is -0.258. The number of aliphatic hydroxyl groups is 1.